The van der Waals surface area contributed by atoms with E-state index in [2.05, 4.69) is 4.98 Å². The van der Waals surface area contributed by atoms with Crippen molar-refractivity contribution < 1.29 is 9.90 Å². The Labute approximate surface area is 119 Å². The van der Waals surface area contributed by atoms with Crippen LogP contribution in [0.1, 0.15) is 10.4 Å². The first kappa shape index (κ1) is 12.6. The number of carbonyl (C=O) groups is 1. The average molecular weight is 284 g/mol. The second kappa shape index (κ2) is 4.94. The van der Waals surface area contributed by atoms with Gasteiger partial charge in [0.05, 0.1) is 10.6 Å². The molecule has 0 fully saturated rings. The molecule has 100 valence electrons. The predicted molar refractivity (Wildman–Crippen MR) is 80.2 cm³/mol. The number of hydrogen-bond acceptors (Lipinski definition) is 3. The molecular formula is C15H12N2O2S. The molecule has 1 aromatic heterocycles. The van der Waals surface area contributed by atoms with Crippen LogP contribution in [0.4, 0.5) is 5.69 Å². The largest absolute Gasteiger partial charge is 0.478 e. The van der Waals surface area contributed by atoms with Crippen LogP contribution in [-0.2, 0) is 0 Å². The number of H-pyrrole nitrogens is 1. The molecule has 5 heteroatoms. The van der Waals surface area contributed by atoms with Gasteiger partial charge in [-0.3, -0.25) is 0 Å². The third-order valence-electron chi connectivity index (χ3n) is 2.99. The molecule has 0 saturated carbocycles. The Hall–Kier alpha value is -2.40. The molecule has 4 N–H and O–H groups in total. The van der Waals surface area contributed by atoms with Gasteiger partial charge in [-0.1, -0.05) is 30.0 Å². The Morgan fingerprint density at radius 3 is 2.70 bits per heavy atom. The zero-order valence-electron chi connectivity index (χ0n) is 10.5. The van der Waals surface area contributed by atoms with Gasteiger partial charge in [-0.15, -0.1) is 0 Å². The van der Waals surface area contributed by atoms with Crippen LogP contribution in [-0.4, -0.2) is 16.1 Å². The summed E-state index contributed by atoms with van der Waals surface area (Å²) in [4.78, 5) is 15.2. The normalized spacial score (nSPS) is 10.8. The first-order valence-electron chi connectivity index (χ1n) is 6.02. The van der Waals surface area contributed by atoms with Crippen molar-refractivity contribution in [3.05, 3.63) is 54.1 Å². The second-order valence-corrected chi connectivity index (χ2v) is 5.49. The number of carboxylic acids is 1. The second-order valence-electron chi connectivity index (χ2n) is 4.38. The molecule has 0 unspecified atom stereocenters. The summed E-state index contributed by atoms with van der Waals surface area (Å²) in [6.45, 7) is 0. The Kier molecular flexibility index (Phi) is 3.12. The molecule has 4 nitrogen and oxygen atoms in total. The van der Waals surface area contributed by atoms with Gasteiger partial charge < -0.3 is 15.8 Å². The lowest BCUT2D eigenvalue weighted by atomic mass is 10.2. The molecule has 2 aromatic carbocycles. The van der Waals surface area contributed by atoms with E-state index >= 15 is 0 Å². The first-order chi connectivity index (χ1) is 9.63. The van der Waals surface area contributed by atoms with Crippen molar-refractivity contribution in [2.75, 3.05) is 5.73 Å². The Morgan fingerprint density at radius 1 is 1.15 bits per heavy atom. The Morgan fingerprint density at radius 2 is 1.95 bits per heavy atom. The summed E-state index contributed by atoms with van der Waals surface area (Å²) in [5.41, 5.74) is 7.11. The van der Waals surface area contributed by atoms with E-state index in [-0.39, 0.29) is 11.3 Å². The molecule has 0 aliphatic rings. The average Bonchev–Trinajstić information content (AvgIpc) is 2.82. The van der Waals surface area contributed by atoms with E-state index in [1.54, 1.807) is 12.1 Å². The van der Waals surface area contributed by atoms with Crippen molar-refractivity contribution >= 4 is 34.3 Å². The maximum absolute atomic E-state index is 11.1. The van der Waals surface area contributed by atoms with Gasteiger partial charge in [0, 0.05) is 21.5 Å². The van der Waals surface area contributed by atoms with Gasteiger partial charge in [-0.2, -0.15) is 0 Å². The molecule has 0 saturated heterocycles. The summed E-state index contributed by atoms with van der Waals surface area (Å²) < 4.78 is 0. The summed E-state index contributed by atoms with van der Waals surface area (Å²) in [6.07, 6.45) is 0. The summed E-state index contributed by atoms with van der Waals surface area (Å²) in [7, 11) is 0. The number of nitrogens with two attached hydrogens (primary N) is 1. The topological polar surface area (TPSA) is 79.1 Å². The van der Waals surface area contributed by atoms with Crippen molar-refractivity contribution in [1.82, 2.24) is 4.98 Å². The quantitative estimate of drug-likeness (QED) is 0.642. The highest BCUT2D eigenvalue weighted by atomic mass is 32.2. The van der Waals surface area contributed by atoms with Crippen molar-refractivity contribution in [2.24, 2.45) is 0 Å². The van der Waals surface area contributed by atoms with Crippen LogP contribution in [0.5, 0.6) is 0 Å². The number of aromatic carboxylic acids is 1. The maximum atomic E-state index is 11.1. The third-order valence-corrected chi connectivity index (χ3v) is 3.92. The predicted octanol–water partition coefficient (Wildman–Crippen LogP) is 3.60. The molecule has 0 aliphatic heterocycles. The fourth-order valence-corrected chi connectivity index (χ4v) is 2.93. The zero-order valence-corrected chi connectivity index (χ0v) is 11.3. The summed E-state index contributed by atoms with van der Waals surface area (Å²) in [5.74, 6) is -1.01. The molecular weight excluding hydrogens is 272 g/mol. The lowest BCUT2D eigenvalue weighted by molar-refractivity contribution is 0.0698. The number of nitrogen functional groups attached to an aromatic ring is 1. The summed E-state index contributed by atoms with van der Waals surface area (Å²) in [5, 5.41) is 11.2. The number of aromatic amines is 1. The minimum atomic E-state index is -1.01. The molecule has 0 amide bonds. The van der Waals surface area contributed by atoms with Gasteiger partial charge in [0.2, 0.25) is 0 Å². The van der Waals surface area contributed by atoms with Crippen molar-refractivity contribution in [1.29, 1.82) is 0 Å². The third kappa shape index (κ3) is 2.35. The number of fused-ring (bicyclic) bond motifs is 1. The number of nitrogens with one attached hydrogen (secondary N) is 1. The van der Waals surface area contributed by atoms with Gasteiger partial charge in [0.1, 0.15) is 0 Å². The van der Waals surface area contributed by atoms with Gasteiger partial charge >= 0.3 is 5.97 Å². The number of hydrogen-bond donors (Lipinski definition) is 3. The maximum Gasteiger partial charge on any atom is 0.337 e. The minimum Gasteiger partial charge on any atom is -0.478 e. The van der Waals surface area contributed by atoms with Crippen LogP contribution >= 0.6 is 11.8 Å². The number of para-hydroxylation sites is 1. The van der Waals surface area contributed by atoms with Crippen LogP contribution in [0.15, 0.2) is 58.5 Å². The van der Waals surface area contributed by atoms with Crippen molar-refractivity contribution in [3.63, 3.8) is 0 Å². The van der Waals surface area contributed by atoms with E-state index in [4.69, 9.17) is 10.8 Å². The zero-order chi connectivity index (χ0) is 14.1. The van der Waals surface area contributed by atoms with Crippen LogP contribution in [0.3, 0.4) is 0 Å². The van der Waals surface area contributed by atoms with E-state index in [0.29, 0.717) is 0 Å². The van der Waals surface area contributed by atoms with Crippen LogP contribution < -0.4 is 5.73 Å². The van der Waals surface area contributed by atoms with Gasteiger partial charge in [0.25, 0.3) is 0 Å². The van der Waals surface area contributed by atoms with Crippen LogP contribution in [0.2, 0.25) is 0 Å². The lowest BCUT2D eigenvalue weighted by Crippen LogP contribution is -2.01. The SMILES string of the molecule is Nc1ccc(Sc2cc3ccccc3[nH]2)cc1C(=O)O. The highest BCUT2D eigenvalue weighted by molar-refractivity contribution is 7.99. The van der Waals surface area contributed by atoms with Gasteiger partial charge in [0.15, 0.2) is 0 Å². The van der Waals surface area contributed by atoms with E-state index in [9.17, 15) is 4.79 Å². The van der Waals surface area contributed by atoms with E-state index < -0.39 is 5.97 Å². The van der Waals surface area contributed by atoms with Crippen molar-refractivity contribution in [2.45, 2.75) is 9.92 Å². The molecule has 1 heterocycles. The van der Waals surface area contributed by atoms with E-state index in [0.717, 1.165) is 20.8 Å². The number of benzene rings is 2. The molecule has 0 atom stereocenters. The van der Waals surface area contributed by atoms with E-state index in [1.807, 2.05) is 36.4 Å². The molecule has 0 radical (unpaired) electrons. The van der Waals surface area contributed by atoms with Crippen LogP contribution in [0, 0.1) is 0 Å². The van der Waals surface area contributed by atoms with Gasteiger partial charge in [-0.05, 0) is 30.3 Å². The monoisotopic (exact) mass is 284 g/mol. The molecule has 0 aliphatic carbocycles. The smallest absolute Gasteiger partial charge is 0.337 e. The summed E-state index contributed by atoms with van der Waals surface area (Å²) >= 11 is 1.48. The minimum absolute atomic E-state index is 0.131. The number of rotatable bonds is 3. The van der Waals surface area contributed by atoms with Crippen molar-refractivity contribution in [3.8, 4) is 0 Å². The Bertz CT molecular complexity index is 762. The Balaban J connectivity index is 1.94. The number of aromatic nitrogens is 1. The first-order valence-corrected chi connectivity index (χ1v) is 6.83. The van der Waals surface area contributed by atoms with Gasteiger partial charge in [-0.25, -0.2) is 4.79 Å². The molecule has 0 bridgehead atoms. The van der Waals surface area contributed by atoms with Crippen LogP contribution in [0.25, 0.3) is 10.9 Å². The number of anilines is 1. The molecule has 3 rings (SSSR count). The molecule has 3 aromatic rings. The fraction of sp³-hybridized carbons (Fsp3) is 0. The lowest BCUT2D eigenvalue weighted by Gasteiger charge is -2.04. The molecule has 0 spiro atoms. The highest BCUT2D eigenvalue weighted by Crippen LogP contribution is 2.31. The highest BCUT2D eigenvalue weighted by Gasteiger charge is 2.10. The summed E-state index contributed by atoms with van der Waals surface area (Å²) in [6, 6.07) is 15.1. The number of carboxylic acid groups (broad SMARTS) is 1. The standard InChI is InChI=1S/C15H12N2O2S/c16-12-6-5-10(8-11(12)15(18)19)20-14-7-9-3-1-2-4-13(9)17-14/h1-8,17H,16H2,(H,18,19). The van der Waals surface area contributed by atoms with E-state index in [1.165, 1.54) is 11.8 Å². The molecule has 20 heavy (non-hydrogen) atoms. The fourth-order valence-electron chi connectivity index (χ4n) is 2.01.